The minimum Gasteiger partial charge on any atom is -0.353 e. The van der Waals surface area contributed by atoms with Crippen molar-refractivity contribution in [3.8, 4) is 0 Å². The van der Waals surface area contributed by atoms with Crippen molar-refractivity contribution in [1.29, 1.82) is 0 Å². The summed E-state index contributed by atoms with van der Waals surface area (Å²) >= 11 is 0. The Morgan fingerprint density at radius 3 is 2.71 bits per heavy atom. The van der Waals surface area contributed by atoms with E-state index >= 15 is 0 Å². The van der Waals surface area contributed by atoms with Crippen LogP contribution in [0, 0.1) is 11.7 Å². The number of aliphatic imine (C=N–C) groups is 1. The number of carbonyl (C=O) groups is 2. The van der Waals surface area contributed by atoms with Crippen molar-refractivity contribution in [1.82, 2.24) is 15.6 Å². The molecule has 0 radical (unpaired) electrons. The number of rotatable bonds is 9. The van der Waals surface area contributed by atoms with Crippen molar-refractivity contribution in [3.63, 3.8) is 0 Å². The molecule has 3 rings (SSSR count). The van der Waals surface area contributed by atoms with E-state index in [4.69, 9.17) is 0 Å². The second-order valence-electron chi connectivity index (χ2n) is 8.03. The van der Waals surface area contributed by atoms with Gasteiger partial charge in [0.2, 0.25) is 5.91 Å². The molecule has 0 spiro atoms. The molecule has 1 aliphatic carbocycles. The summed E-state index contributed by atoms with van der Waals surface area (Å²) in [5, 5.41) is 8.05. The first-order chi connectivity index (χ1) is 16.4. The fourth-order valence-electron chi connectivity index (χ4n) is 3.89. The Labute approximate surface area is 197 Å². The molecule has 1 aromatic heterocycles. The highest BCUT2D eigenvalue weighted by molar-refractivity contribution is 6.08. The number of nitrogens with one attached hydrogen (secondary N) is 3. The molecule has 1 heterocycles. The van der Waals surface area contributed by atoms with Crippen LogP contribution < -0.4 is 16.0 Å². The summed E-state index contributed by atoms with van der Waals surface area (Å²) < 4.78 is 27.6. The highest BCUT2D eigenvalue weighted by Gasteiger charge is 2.28. The largest absolute Gasteiger partial charge is 0.353 e. The predicted octanol–water partition coefficient (Wildman–Crippen LogP) is 4.78. The van der Waals surface area contributed by atoms with Crippen LogP contribution in [0.1, 0.15) is 42.5 Å². The second kappa shape index (κ2) is 11.8. The lowest BCUT2D eigenvalue weighted by atomic mass is 9.97. The third-order valence-corrected chi connectivity index (χ3v) is 5.56. The van der Waals surface area contributed by atoms with Gasteiger partial charge in [-0.15, -0.1) is 0 Å². The zero-order valence-corrected chi connectivity index (χ0v) is 18.7. The van der Waals surface area contributed by atoms with Crippen LogP contribution in [0.5, 0.6) is 0 Å². The lowest BCUT2D eigenvalue weighted by Crippen LogP contribution is -2.49. The standard InChI is InChI=1S/C25H27F2N5O2/c1-3-29-23(16(2)26)32-25(34)22(13-17-7-4-5-8-17)31-24(33)18-9-6-10-19(14-18)30-21-11-12-28-15-20(21)27/h3,6,9-12,14-15,17,22H,1-2,4-5,7-8,13H2,(H,28,30)(H,31,33)(H,29,32,34)/t22-/m1/s1. The van der Waals surface area contributed by atoms with E-state index in [0.29, 0.717) is 12.1 Å². The van der Waals surface area contributed by atoms with Crippen LogP contribution in [-0.2, 0) is 4.79 Å². The Bertz CT molecular complexity index is 1100. The molecular weight excluding hydrogens is 440 g/mol. The maximum atomic E-state index is 13.9. The summed E-state index contributed by atoms with van der Waals surface area (Å²) in [6, 6.07) is 7.04. The fourth-order valence-corrected chi connectivity index (χ4v) is 3.89. The zero-order valence-electron chi connectivity index (χ0n) is 18.7. The van der Waals surface area contributed by atoms with Crippen molar-refractivity contribution in [3.05, 3.63) is 79.3 Å². The van der Waals surface area contributed by atoms with Gasteiger partial charge in [0.1, 0.15) is 6.04 Å². The number of hydrogen-bond donors (Lipinski definition) is 3. The lowest BCUT2D eigenvalue weighted by molar-refractivity contribution is -0.122. The predicted molar refractivity (Wildman–Crippen MR) is 128 cm³/mol. The molecule has 0 unspecified atom stereocenters. The van der Waals surface area contributed by atoms with Gasteiger partial charge in [-0.05, 0) is 36.6 Å². The summed E-state index contributed by atoms with van der Waals surface area (Å²) in [6.45, 7) is 6.56. The maximum Gasteiger partial charge on any atom is 0.252 e. The molecule has 178 valence electrons. The molecular formula is C25H27F2N5O2. The molecule has 34 heavy (non-hydrogen) atoms. The average Bonchev–Trinajstić information content (AvgIpc) is 3.33. The van der Waals surface area contributed by atoms with Gasteiger partial charge in [-0.1, -0.05) is 44.9 Å². The van der Waals surface area contributed by atoms with Crippen molar-refractivity contribution in [2.75, 3.05) is 5.32 Å². The van der Waals surface area contributed by atoms with E-state index in [1.807, 2.05) is 0 Å². The van der Waals surface area contributed by atoms with E-state index in [1.165, 1.54) is 12.3 Å². The van der Waals surface area contributed by atoms with Gasteiger partial charge in [-0.3, -0.25) is 14.6 Å². The van der Waals surface area contributed by atoms with Crippen LogP contribution in [0.3, 0.4) is 0 Å². The molecule has 0 saturated heterocycles. The van der Waals surface area contributed by atoms with Gasteiger partial charge >= 0.3 is 0 Å². The molecule has 1 fully saturated rings. The third-order valence-electron chi connectivity index (χ3n) is 5.56. The summed E-state index contributed by atoms with van der Waals surface area (Å²) in [6.07, 6.45) is 8.09. The number of anilines is 2. The summed E-state index contributed by atoms with van der Waals surface area (Å²) in [7, 11) is 0. The highest BCUT2D eigenvalue weighted by atomic mass is 19.1. The van der Waals surface area contributed by atoms with Crippen molar-refractivity contribution in [2.45, 2.75) is 38.1 Å². The number of hydrogen-bond acceptors (Lipinski definition) is 5. The molecule has 2 aromatic rings. The summed E-state index contributed by atoms with van der Waals surface area (Å²) in [5.74, 6) is -2.60. The van der Waals surface area contributed by atoms with Gasteiger partial charge < -0.3 is 16.0 Å². The molecule has 1 saturated carbocycles. The minimum absolute atomic E-state index is 0.214. The summed E-state index contributed by atoms with van der Waals surface area (Å²) in [5.41, 5.74) is 0.980. The van der Waals surface area contributed by atoms with Gasteiger partial charge in [0, 0.05) is 23.6 Å². The number of carbonyl (C=O) groups excluding carboxylic acids is 2. The third kappa shape index (κ3) is 6.81. The number of pyridine rings is 1. The van der Waals surface area contributed by atoms with Gasteiger partial charge in [-0.25, -0.2) is 13.8 Å². The molecule has 1 aliphatic rings. The Morgan fingerprint density at radius 2 is 2.03 bits per heavy atom. The first-order valence-electron chi connectivity index (χ1n) is 11.0. The SMILES string of the molecule is C=CN=C(NC(=O)[C@@H](CC1CCCC1)NC(=O)c1cccc(Nc2ccncc2F)c1)C(=C)F. The van der Waals surface area contributed by atoms with Crippen LogP contribution in [0.25, 0.3) is 0 Å². The van der Waals surface area contributed by atoms with Crippen LogP contribution in [0.15, 0.2) is 72.9 Å². The molecule has 3 N–H and O–H groups in total. The molecule has 1 aromatic carbocycles. The van der Waals surface area contributed by atoms with E-state index in [0.717, 1.165) is 38.1 Å². The van der Waals surface area contributed by atoms with E-state index in [-0.39, 0.29) is 23.0 Å². The van der Waals surface area contributed by atoms with E-state index in [1.54, 1.807) is 24.3 Å². The Balaban J connectivity index is 1.76. The number of amides is 2. The first kappa shape index (κ1) is 24.8. The van der Waals surface area contributed by atoms with Crippen molar-refractivity contribution < 1.29 is 18.4 Å². The molecule has 0 bridgehead atoms. The highest BCUT2D eigenvalue weighted by Crippen LogP contribution is 2.29. The molecule has 1 atom stereocenters. The van der Waals surface area contributed by atoms with E-state index in [2.05, 4.69) is 39.1 Å². The van der Waals surface area contributed by atoms with Crippen LogP contribution in [0.4, 0.5) is 20.2 Å². The molecule has 9 heteroatoms. The molecule has 7 nitrogen and oxygen atoms in total. The van der Waals surface area contributed by atoms with Gasteiger partial charge in [0.15, 0.2) is 17.5 Å². The van der Waals surface area contributed by atoms with Gasteiger partial charge in [0.05, 0.1) is 11.9 Å². The number of amidine groups is 1. The Kier molecular flexibility index (Phi) is 8.61. The topological polar surface area (TPSA) is 95.5 Å². The van der Waals surface area contributed by atoms with E-state index < -0.39 is 29.5 Å². The fraction of sp³-hybridized carbons (Fsp3) is 0.280. The smallest absolute Gasteiger partial charge is 0.252 e. The summed E-state index contributed by atoms with van der Waals surface area (Å²) in [4.78, 5) is 33.3. The number of benzene rings is 1. The normalized spacial score (nSPS) is 14.8. The Hall–Kier alpha value is -3.88. The first-order valence-corrected chi connectivity index (χ1v) is 11.0. The van der Waals surface area contributed by atoms with Crippen molar-refractivity contribution in [2.24, 2.45) is 10.9 Å². The Morgan fingerprint density at radius 1 is 1.26 bits per heavy atom. The van der Waals surface area contributed by atoms with Crippen LogP contribution in [0.2, 0.25) is 0 Å². The average molecular weight is 468 g/mol. The number of halogens is 2. The van der Waals surface area contributed by atoms with E-state index in [9.17, 15) is 18.4 Å². The zero-order chi connectivity index (χ0) is 24.5. The number of aromatic nitrogens is 1. The van der Waals surface area contributed by atoms with Gasteiger partial charge in [0.25, 0.3) is 5.91 Å². The molecule has 0 aliphatic heterocycles. The van der Waals surface area contributed by atoms with Crippen LogP contribution in [-0.4, -0.2) is 28.7 Å². The van der Waals surface area contributed by atoms with Gasteiger partial charge in [-0.2, -0.15) is 0 Å². The minimum atomic E-state index is -0.915. The second-order valence-corrected chi connectivity index (χ2v) is 8.03. The van der Waals surface area contributed by atoms with Crippen LogP contribution >= 0.6 is 0 Å². The maximum absolute atomic E-state index is 13.9. The van der Waals surface area contributed by atoms with Crippen molar-refractivity contribution >= 4 is 29.0 Å². The quantitative estimate of drug-likeness (QED) is 0.365. The molecule has 2 amide bonds. The lowest BCUT2D eigenvalue weighted by Gasteiger charge is -2.22. The monoisotopic (exact) mass is 467 g/mol. The number of nitrogens with zero attached hydrogens (tertiary/aromatic N) is 2.